The molecule has 1 saturated heterocycles. The van der Waals surface area contributed by atoms with Crippen LogP contribution in [0.25, 0.3) is 0 Å². The fourth-order valence-electron chi connectivity index (χ4n) is 3.80. The summed E-state index contributed by atoms with van der Waals surface area (Å²) in [5.41, 5.74) is 0.717. The van der Waals surface area contributed by atoms with Gasteiger partial charge in [0.15, 0.2) is 5.96 Å². The Morgan fingerprint density at radius 2 is 1.71 bits per heavy atom. The molecule has 0 saturated carbocycles. The number of piperidine rings is 1. The second-order valence-corrected chi connectivity index (χ2v) is 8.70. The Hall–Kier alpha value is -2.28. The van der Waals surface area contributed by atoms with Crippen molar-refractivity contribution in [1.29, 1.82) is 0 Å². The third-order valence-electron chi connectivity index (χ3n) is 5.72. The maximum absolute atomic E-state index is 12.3. The number of hydrogen-bond acceptors (Lipinski definition) is 4. The predicted molar refractivity (Wildman–Crippen MR) is 128 cm³/mol. The molecule has 2 rings (SSSR count). The van der Waals surface area contributed by atoms with Crippen molar-refractivity contribution in [3.63, 3.8) is 0 Å². The van der Waals surface area contributed by atoms with Gasteiger partial charge in [-0.2, -0.15) is 0 Å². The van der Waals surface area contributed by atoms with Gasteiger partial charge in [0.05, 0.1) is 25.1 Å². The third-order valence-corrected chi connectivity index (χ3v) is 5.72. The lowest BCUT2D eigenvalue weighted by Crippen LogP contribution is -2.45. The third kappa shape index (κ3) is 7.73. The molecule has 0 aromatic heterocycles. The van der Waals surface area contributed by atoms with Crippen LogP contribution in [0.4, 0.5) is 0 Å². The van der Waals surface area contributed by atoms with Crippen LogP contribution in [0.3, 0.4) is 0 Å². The molecule has 1 aromatic carbocycles. The SMILES string of the molecule is CCNC(=O)C(C)(C)CN=C(NCC)NCC(c1ccc(OC)cc1)N1CCCCC1. The first-order valence-electron chi connectivity index (χ1n) is 11.6. The van der Waals surface area contributed by atoms with Crippen LogP contribution in [0.1, 0.15) is 58.6 Å². The number of ether oxygens (including phenoxy) is 1. The van der Waals surface area contributed by atoms with Crippen molar-refractivity contribution in [3.8, 4) is 5.75 Å². The highest BCUT2D eigenvalue weighted by Crippen LogP contribution is 2.26. The molecule has 3 N–H and O–H groups in total. The number of hydrogen-bond donors (Lipinski definition) is 3. The number of carbonyl (C=O) groups is 1. The van der Waals surface area contributed by atoms with E-state index in [0.717, 1.165) is 37.9 Å². The number of carbonyl (C=O) groups excluding carboxylic acids is 1. The van der Waals surface area contributed by atoms with E-state index in [4.69, 9.17) is 9.73 Å². The van der Waals surface area contributed by atoms with Crippen molar-refractivity contribution in [1.82, 2.24) is 20.9 Å². The largest absolute Gasteiger partial charge is 0.497 e. The van der Waals surface area contributed by atoms with Crippen molar-refractivity contribution >= 4 is 11.9 Å². The van der Waals surface area contributed by atoms with Gasteiger partial charge in [-0.25, -0.2) is 0 Å². The van der Waals surface area contributed by atoms with Crippen LogP contribution in [0, 0.1) is 5.41 Å². The van der Waals surface area contributed by atoms with Crippen LogP contribution in [0.15, 0.2) is 29.3 Å². The Morgan fingerprint density at radius 1 is 1.06 bits per heavy atom. The van der Waals surface area contributed by atoms with E-state index in [2.05, 4.69) is 39.9 Å². The second kappa shape index (κ2) is 12.5. The highest BCUT2D eigenvalue weighted by atomic mass is 16.5. The van der Waals surface area contributed by atoms with Gasteiger partial charge >= 0.3 is 0 Å². The number of benzene rings is 1. The first kappa shape index (κ1) is 25.0. The van der Waals surface area contributed by atoms with Gasteiger partial charge in [-0.05, 0) is 71.3 Å². The lowest BCUT2D eigenvalue weighted by Gasteiger charge is -2.35. The first-order valence-corrected chi connectivity index (χ1v) is 11.6. The van der Waals surface area contributed by atoms with Gasteiger partial charge in [-0.1, -0.05) is 18.6 Å². The van der Waals surface area contributed by atoms with E-state index in [1.165, 1.54) is 24.8 Å². The molecule has 1 aliphatic rings. The highest BCUT2D eigenvalue weighted by molar-refractivity contribution is 5.83. The molecular formula is C24H41N5O2. The summed E-state index contributed by atoms with van der Waals surface area (Å²) in [5, 5.41) is 9.75. The number of guanidine groups is 1. The van der Waals surface area contributed by atoms with Crippen molar-refractivity contribution in [3.05, 3.63) is 29.8 Å². The Morgan fingerprint density at radius 3 is 2.29 bits per heavy atom. The van der Waals surface area contributed by atoms with Crippen LogP contribution in [-0.4, -0.2) is 63.1 Å². The Balaban J connectivity index is 2.12. The molecule has 1 atom stereocenters. The molecule has 1 heterocycles. The predicted octanol–water partition coefficient (Wildman–Crippen LogP) is 2.94. The zero-order chi connectivity index (χ0) is 22.7. The minimum absolute atomic E-state index is 0.0269. The topological polar surface area (TPSA) is 78.0 Å². The van der Waals surface area contributed by atoms with Gasteiger partial charge in [0.1, 0.15) is 5.75 Å². The molecule has 0 radical (unpaired) electrons. The van der Waals surface area contributed by atoms with Crippen molar-refractivity contribution in [2.24, 2.45) is 10.4 Å². The standard InChI is InChI=1S/C24H41N5O2/c1-6-25-22(30)24(3,4)18-28-23(26-7-2)27-17-21(29-15-9-8-10-16-29)19-11-13-20(31-5)14-12-19/h11-14,21H,6-10,15-18H2,1-5H3,(H,25,30)(H2,26,27,28). The Kier molecular flexibility index (Phi) is 10.1. The molecule has 0 aliphatic carbocycles. The molecule has 7 nitrogen and oxygen atoms in total. The molecule has 31 heavy (non-hydrogen) atoms. The summed E-state index contributed by atoms with van der Waals surface area (Å²) >= 11 is 0. The van der Waals surface area contributed by atoms with Crippen LogP contribution >= 0.6 is 0 Å². The van der Waals surface area contributed by atoms with Gasteiger partial charge in [0.25, 0.3) is 0 Å². The van der Waals surface area contributed by atoms with Crippen molar-refractivity contribution in [2.75, 3.05) is 46.4 Å². The van der Waals surface area contributed by atoms with E-state index < -0.39 is 5.41 Å². The molecule has 1 aromatic rings. The first-order chi connectivity index (χ1) is 14.9. The summed E-state index contributed by atoms with van der Waals surface area (Å²) in [6.45, 7) is 12.6. The molecule has 174 valence electrons. The quantitative estimate of drug-likeness (QED) is 0.392. The number of aliphatic imine (C=N–C) groups is 1. The number of amides is 1. The van der Waals surface area contributed by atoms with E-state index >= 15 is 0 Å². The maximum Gasteiger partial charge on any atom is 0.227 e. The molecule has 7 heteroatoms. The molecule has 0 bridgehead atoms. The number of nitrogens with zero attached hydrogens (tertiary/aromatic N) is 2. The van der Waals surface area contributed by atoms with Gasteiger partial charge < -0.3 is 20.7 Å². The summed E-state index contributed by atoms with van der Waals surface area (Å²) in [7, 11) is 1.69. The van der Waals surface area contributed by atoms with Crippen LogP contribution in [0.5, 0.6) is 5.75 Å². The van der Waals surface area contributed by atoms with Crippen LogP contribution < -0.4 is 20.7 Å². The van der Waals surface area contributed by atoms with E-state index in [9.17, 15) is 4.79 Å². The van der Waals surface area contributed by atoms with Gasteiger partial charge in [0, 0.05) is 19.6 Å². The Bertz CT molecular complexity index is 696. The minimum Gasteiger partial charge on any atom is -0.497 e. The summed E-state index contributed by atoms with van der Waals surface area (Å²) < 4.78 is 5.33. The van der Waals surface area contributed by atoms with E-state index in [1.54, 1.807) is 7.11 Å². The fourth-order valence-corrected chi connectivity index (χ4v) is 3.80. The molecule has 0 spiro atoms. The number of likely N-dealkylation sites (tertiary alicyclic amines) is 1. The van der Waals surface area contributed by atoms with Gasteiger partial charge in [-0.15, -0.1) is 0 Å². The van der Waals surface area contributed by atoms with E-state index in [0.29, 0.717) is 13.1 Å². The van der Waals surface area contributed by atoms with Gasteiger partial charge in [0.2, 0.25) is 5.91 Å². The summed E-state index contributed by atoms with van der Waals surface area (Å²) in [6, 6.07) is 8.62. The number of methoxy groups -OCH3 is 1. The van der Waals surface area contributed by atoms with E-state index in [1.807, 2.05) is 32.9 Å². The van der Waals surface area contributed by atoms with Gasteiger partial charge in [-0.3, -0.25) is 14.7 Å². The second-order valence-electron chi connectivity index (χ2n) is 8.70. The molecule has 1 unspecified atom stereocenters. The average Bonchev–Trinajstić information content (AvgIpc) is 2.79. The van der Waals surface area contributed by atoms with E-state index in [-0.39, 0.29) is 11.9 Å². The lowest BCUT2D eigenvalue weighted by molar-refractivity contribution is -0.128. The zero-order valence-corrected chi connectivity index (χ0v) is 20.0. The summed E-state index contributed by atoms with van der Waals surface area (Å²) in [6.07, 6.45) is 3.78. The van der Waals surface area contributed by atoms with Crippen molar-refractivity contribution in [2.45, 2.75) is 53.0 Å². The monoisotopic (exact) mass is 431 g/mol. The number of rotatable bonds is 10. The van der Waals surface area contributed by atoms with Crippen LogP contribution in [-0.2, 0) is 4.79 Å². The minimum atomic E-state index is -0.555. The summed E-state index contributed by atoms with van der Waals surface area (Å²) in [5.74, 6) is 1.64. The molecular weight excluding hydrogens is 390 g/mol. The normalized spacial score (nSPS) is 16.5. The molecule has 1 amide bonds. The van der Waals surface area contributed by atoms with Crippen molar-refractivity contribution < 1.29 is 9.53 Å². The fraction of sp³-hybridized carbons (Fsp3) is 0.667. The smallest absolute Gasteiger partial charge is 0.227 e. The average molecular weight is 432 g/mol. The summed E-state index contributed by atoms with van der Waals surface area (Å²) in [4.78, 5) is 19.6. The molecule has 1 fully saturated rings. The van der Waals surface area contributed by atoms with Crippen LogP contribution in [0.2, 0.25) is 0 Å². The molecule has 1 aliphatic heterocycles. The lowest BCUT2D eigenvalue weighted by atomic mass is 9.92. The zero-order valence-electron chi connectivity index (χ0n) is 20.0. The maximum atomic E-state index is 12.3. The highest BCUT2D eigenvalue weighted by Gasteiger charge is 2.27. The number of nitrogens with one attached hydrogen (secondary N) is 3. The Labute approximate surface area is 188 Å².